The van der Waals surface area contributed by atoms with Crippen LogP contribution in [0.3, 0.4) is 0 Å². The predicted octanol–water partition coefficient (Wildman–Crippen LogP) is -1.57. The first-order valence-corrected chi connectivity index (χ1v) is 2.98. The quantitative estimate of drug-likeness (QED) is 0.431. The van der Waals surface area contributed by atoms with Crippen molar-refractivity contribution in [3.63, 3.8) is 0 Å². The van der Waals surface area contributed by atoms with Gasteiger partial charge in [-0.1, -0.05) is 0 Å². The van der Waals surface area contributed by atoms with Crippen LogP contribution in [0.25, 0.3) is 0 Å². The molecular formula is C5H9N2O3. The van der Waals surface area contributed by atoms with Crippen molar-refractivity contribution in [1.82, 2.24) is 10.6 Å². The average Bonchev–Trinajstić information content (AvgIpc) is 2.13. The monoisotopic (exact) mass is 145 g/mol. The molecule has 57 valence electrons. The van der Waals surface area contributed by atoms with E-state index in [1.807, 2.05) is 0 Å². The molecule has 1 heterocycles. The lowest BCUT2D eigenvalue weighted by atomic mass is 10.3. The molecule has 1 rings (SSSR count). The number of carbonyl (C=O) groups is 1. The second-order valence-electron chi connectivity index (χ2n) is 2.34. The van der Waals surface area contributed by atoms with E-state index in [2.05, 4.69) is 0 Å². The summed E-state index contributed by atoms with van der Waals surface area (Å²) in [5, 5.41) is 17.8. The lowest BCUT2D eigenvalue weighted by Gasteiger charge is -2.08. The lowest BCUT2D eigenvalue weighted by molar-refractivity contribution is 0.0572. The molecule has 3 N–H and O–H groups in total. The van der Waals surface area contributed by atoms with Crippen LogP contribution in [-0.2, 0) is 0 Å². The highest BCUT2D eigenvalue weighted by molar-refractivity contribution is 5.71. The fourth-order valence-electron chi connectivity index (χ4n) is 0.935. The topological polar surface area (TPSA) is 84.6 Å². The van der Waals surface area contributed by atoms with Crippen LogP contribution in [-0.4, -0.2) is 46.4 Å². The lowest BCUT2D eigenvalue weighted by Crippen LogP contribution is -2.28. The van der Waals surface area contributed by atoms with Gasteiger partial charge in [-0.15, -0.1) is 0 Å². The van der Waals surface area contributed by atoms with E-state index in [1.54, 1.807) is 0 Å². The smallest absolute Gasteiger partial charge is 0.336 e. The van der Waals surface area contributed by atoms with Crippen LogP contribution >= 0.6 is 0 Å². The number of aliphatic hydroxyl groups is 2. The maximum atomic E-state index is 10.3. The normalized spacial score (nSPS) is 32.8. The summed E-state index contributed by atoms with van der Waals surface area (Å²) in [7, 11) is 0. The van der Waals surface area contributed by atoms with Crippen LogP contribution in [0.15, 0.2) is 0 Å². The largest absolute Gasteiger partial charge is 0.388 e. The van der Waals surface area contributed by atoms with Crippen molar-refractivity contribution in [2.75, 3.05) is 13.1 Å². The summed E-state index contributed by atoms with van der Waals surface area (Å²) in [5.74, 6) is 0. The van der Waals surface area contributed by atoms with Gasteiger partial charge < -0.3 is 15.1 Å². The minimum Gasteiger partial charge on any atom is -0.388 e. The van der Waals surface area contributed by atoms with Gasteiger partial charge in [0.25, 0.3) is 0 Å². The molecule has 1 saturated heterocycles. The Bertz CT molecular complexity index is 140. The number of urea groups is 1. The molecule has 0 aromatic carbocycles. The third kappa shape index (κ3) is 1.19. The molecule has 5 nitrogen and oxygen atoms in total. The number of carbonyl (C=O) groups excluding carboxylic acids is 1. The molecule has 1 fully saturated rings. The predicted molar refractivity (Wildman–Crippen MR) is 32.1 cm³/mol. The molecule has 10 heavy (non-hydrogen) atoms. The van der Waals surface area contributed by atoms with E-state index in [0.29, 0.717) is 0 Å². The summed E-state index contributed by atoms with van der Waals surface area (Å²) in [4.78, 5) is 11.4. The molecule has 2 atom stereocenters. The molecule has 5 heteroatoms. The van der Waals surface area contributed by atoms with Gasteiger partial charge >= 0.3 is 6.03 Å². The number of likely N-dealkylation sites (tertiary alicyclic amines) is 1. The first-order chi connectivity index (χ1) is 4.61. The first-order valence-electron chi connectivity index (χ1n) is 2.98. The van der Waals surface area contributed by atoms with Crippen molar-refractivity contribution >= 4 is 6.03 Å². The van der Waals surface area contributed by atoms with Crippen molar-refractivity contribution in [2.24, 2.45) is 0 Å². The summed E-state index contributed by atoms with van der Waals surface area (Å²) in [5.41, 5.74) is 6.62. The summed E-state index contributed by atoms with van der Waals surface area (Å²) < 4.78 is 0. The molecule has 0 saturated carbocycles. The van der Waals surface area contributed by atoms with Crippen molar-refractivity contribution in [3.05, 3.63) is 0 Å². The zero-order valence-corrected chi connectivity index (χ0v) is 5.32. The Kier molecular flexibility index (Phi) is 1.78. The highest BCUT2D eigenvalue weighted by Gasteiger charge is 2.31. The van der Waals surface area contributed by atoms with E-state index >= 15 is 0 Å². The zero-order chi connectivity index (χ0) is 7.72. The van der Waals surface area contributed by atoms with Crippen molar-refractivity contribution in [2.45, 2.75) is 12.2 Å². The molecule has 0 aliphatic carbocycles. The second-order valence-corrected chi connectivity index (χ2v) is 2.34. The number of amides is 2. The third-order valence-corrected chi connectivity index (χ3v) is 1.55. The summed E-state index contributed by atoms with van der Waals surface area (Å²) in [6, 6.07) is -0.851. The molecule has 0 aromatic heterocycles. The fraction of sp³-hybridized carbons (Fsp3) is 0.800. The number of aliphatic hydroxyl groups excluding tert-OH is 2. The van der Waals surface area contributed by atoms with Crippen LogP contribution in [0.5, 0.6) is 0 Å². The SMILES string of the molecule is [NH]C(=O)N1CC(O)C(O)C1. The van der Waals surface area contributed by atoms with Crippen molar-refractivity contribution in [1.29, 1.82) is 0 Å². The number of β-amino-alcohol motifs (C(OH)–C–C–N with tert-alkyl or cyclic N) is 2. The van der Waals surface area contributed by atoms with E-state index in [1.165, 1.54) is 0 Å². The van der Waals surface area contributed by atoms with Crippen LogP contribution in [0.1, 0.15) is 0 Å². The van der Waals surface area contributed by atoms with E-state index in [0.717, 1.165) is 4.90 Å². The molecule has 1 radical (unpaired) electrons. The number of hydrogen-bond acceptors (Lipinski definition) is 3. The van der Waals surface area contributed by atoms with Gasteiger partial charge in [0.2, 0.25) is 0 Å². The van der Waals surface area contributed by atoms with Gasteiger partial charge in [0.05, 0.1) is 25.3 Å². The highest BCUT2D eigenvalue weighted by atomic mass is 16.3. The Balaban J connectivity index is 2.49. The third-order valence-electron chi connectivity index (χ3n) is 1.55. The molecule has 2 amide bonds. The van der Waals surface area contributed by atoms with Gasteiger partial charge in [0.1, 0.15) is 0 Å². The second kappa shape index (κ2) is 2.43. The number of rotatable bonds is 0. The van der Waals surface area contributed by atoms with E-state index in [-0.39, 0.29) is 13.1 Å². The zero-order valence-electron chi connectivity index (χ0n) is 5.32. The Morgan fingerprint density at radius 2 is 1.80 bits per heavy atom. The molecule has 0 spiro atoms. The molecule has 1 aliphatic rings. The maximum absolute atomic E-state index is 10.3. The van der Waals surface area contributed by atoms with Gasteiger partial charge in [-0.2, -0.15) is 0 Å². The van der Waals surface area contributed by atoms with Crippen LogP contribution in [0.4, 0.5) is 4.79 Å². The minimum absolute atomic E-state index is 0.0729. The van der Waals surface area contributed by atoms with E-state index in [9.17, 15) is 4.79 Å². The average molecular weight is 145 g/mol. The summed E-state index contributed by atoms with van der Waals surface area (Å²) in [6.45, 7) is 0.146. The molecule has 2 unspecified atom stereocenters. The Labute approximate surface area is 58.0 Å². The van der Waals surface area contributed by atoms with Crippen LogP contribution < -0.4 is 5.73 Å². The Morgan fingerprint density at radius 3 is 2.00 bits per heavy atom. The first kappa shape index (κ1) is 7.30. The van der Waals surface area contributed by atoms with Gasteiger partial charge in [0.15, 0.2) is 0 Å². The van der Waals surface area contributed by atoms with Gasteiger partial charge in [-0.05, 0) is 0 Å². The van der Waals surface area contributed by atoms with Crippen molar-refractivity contribution in [3.8, 4) is 0 Å². The number of nitrogens with one attached hydrogen (secondary N) is 1. The summed E-state index contributed by atoms with van der Waals surface area (Å²) in [6.07, 6.45) is -1.76. The fourth-order valence-corrected chi connectivity index (χ4v) is 0.935. The number of nitrogens with zero attached hydrogens (tertiary/aromatic N) is 1. The maximum Gasteiger partial charge on any atom is 0.336 e. The van der Waals surface area contributed by atoms with E-state index in [4.69, 9.17) is 15.9 Å². The number of hydrogen-bond donors (Lipinski definition) is 2. The van der Waals surface area contributed by atoms with Crippen molar-refractivity contribution < 1.29 is 15.0 Å². The molecule has 0 aromatic rings. The Hall–Kier alpha value is -0.810. The standard InChI is InChI=1S/C5H9N2O3/c6-5(10)7-1-3(8)4(9)2-7/h3-4,6,8-9H,1-2H2. The van der Waals surface area contributed by atoms with E-state index < -0.39 is 18.2 Å². The highest BCUT2D eigenvalue weighted by Crippen LogP contribution is 2.08. The molecule has 1 aliphatic heterocycles. The van der Waals surface area contributed by atoms with Gasteiger partial charge in [-0.25, -0.2) is 10.5 Å². The van der Waals surface area contributed by atoms with Crippen LogP contribution in [0.2, 0.25) is 0 Å². The summed E-state index contributed by atoms with van der Waals surface area (Å²) >= 11 is 0. The van der Waals surface area contributed by atoms with Gasteiger partial charge in [0, 0.05) is 0 Å². The van der Waals surface area contributed by atoms with Crippen LogP contribution in [0, 0.1) is 0 Å². The molecular weight excluding hydrogens is 136 g/mol. The Morgan fingerprint density at radius 1 is 1.40 bits per heavy atom. The van der Waals surface area contributed by atoms with Gasteiger partial charge in [-0.3, -0.25) is 0 Å². The molecule has 0 bridgehead atoms. The minimum atomic E-state index is -0.880.